The third-order valence-corrected chi connectivity index (χ3v) is 7.38. The molecule has 0 bridgehead atoms. The number of halogens is 2. The van der Waals surface area contributed by atoms with Crippen LogP contribution in [0.1, 0.15) is 36.5 Å². The minimum atomic E-state index is -0.664. The lowest BCUT2D eigenvalue weighted by Gasteiger charge is -2.32. The van der Waals surface area contributed by atoms with E-state index >= 15 is 0 Å². The first kappa shape index (κ1) is 28.1. The standard InChI is InChI=1S/C29H32Cl2N2O2S/c1-3-16-32-29(35)27(18-22-7-5-4-6-8-22)33(20-23-11-12-24(30)19-26(23)31)28(34)15-17-36-25-13-9-21(2)10-14-25/h4-14,19,27H,3,15-18,20H2,1-2H3,(H,32,35)/t27-/m1/s1. The van der Waals surface area contributed by atoms with Gasteiger partial charge in [0.05, 0.1) is 0 Å². The molecular formula is C29H32Cl2N2O2S. The lowest BCUT2D eigenvalue weighted by Crippen LogP contribution is -2.50. The molecule has 2 amide bonds. The molecule has 3 aromatic carbocycles. The predicted molar refractivity (Wildman–Crippen MR) is 151 cm³/mol. The van der Waals surface area contributed by atoms with Gasteiger partial charge in [-0.15, -0.1) is 11.8 Å². The van der Waals surface area contributed by atoms with Crippen LogP contribution in [0.4, 0.5) is 0 Å². The van der Waals surface area contributed by atoms with Crippen molar-refractivity contribution in [3.8, 4) is 0 Å². The maximum absolute atomic E-state index is 13.6. The lowest BCUT2D eigenvalue weighted by atomic mass is 10.0. The molecule has 190 valence electrons. The summed E-state index contributed by atoms with van der Waals surface area (Å²) in [7, 11) is 0. The number of benzene rings is 3. The normalized spacial score (nSPS) is 11.7. The third kappa shape index (κ3) is 8.58. The van der Waals surface area contributed by atoms with Crippen molar-refractivity contribution in [3.05, 3.63) is 99.5 Å². The topological polar surface area (TPSA) is 49.4 Å². The zero-order valence-corrected chi connectivity index (χ0v) is 23.0. The number of nitrogens with one attached hydrogen (secondary N) is 1. The Kier molecular flexibility index (Phi) is 11.2. The van der Waals surface area contributed by atoms with E-state index in [2.05, 4.69) is 29.6 Å². The van der Waals surface area contributed by atoms with Gasteiger partial charge in [0.25, 0.3) is 0 Å². The Morgan fingerprint density at radius 2 is 1.72 bits per heavy atom. The number of thioether (sulfide) groups is 1. The van der Waals surface area contributed by atoms with Gasteiger partial charge in [0.1, 0.15) is 6.04 Å². The van der Waals surface area contributed by atoms with Gasteiger partial charge in [0.2, 0.25) is 11.8 Å². The quantitative estimate of drug-likeness (QED) is 0.252. The Hall–Kier alpha value is -2.47. The molecule has 0 aliphatic carbocycles. The molecule has 1 N–H and O–H groups in total. The van der Waals surface area contributed by atoms with Crippen molar-refractivity contribution < 1.29 is 9.59 Å². The maximum atomic E-state index is 13.6. The molecule has 0 radical (unpaired) electrons. The summed E-state index contributed by atoms with van der Waals surface area (Å²) in [5.41, 5.74) is 2.94. The van der Waals surface area contributed by atoms with E-state index in [1.807, 2.05) is 50.2 Å². The van der Waals surface area contributed by atoms with Gasteiger partial charge in [-0.3, -0.25) is 9.59 Å². The van der Waals surface area contributed by atoms with Crippen molar-refractivity contribution >= 4 is 46.8 Å². The number of hydrogen-bond donors (Lipinski definition) is 1. The first-order valence-electron chi connectivity index (χ1n) is 12.1. The average molecular weight is 544 g/mol. The molecule has 0 aliphatic heterocycles. The molecule has 36 heavy (non-hydrogen) atoms. The number of nitrogens with zero attached hydrogens (tertiary/aromatic N) is 1. The van der Waals surface area contributed by atoms with Gasteiger partial charge < -0.3 is 10.2 Å². The van der Waals surface area contributed by atoms with Crippen molar-refractivity contribution in [2.24, 2.45) is 0 Å². The van der Waals surface area contributed by atoms with Crippen LogP contribution >= 0.6 is 35.0 Å². The fourth-order valence-electron chi connectivity index (χ4n) is 3.79. The van der Waals surface area contributed by atoms with Crippen LogP contribution in [-0.4, -0.2) is 35.1 Å². The summed E-state index contributed by atoms with van der Waals surface area (Å²) in [6.07, 6.45) is 1.53. The van der Waals surface area contributed by atoms with Crippen molar-refractivity contribution in [2.75, 3.05) is 12.3 Å². The Bertz CT molecular complexity index is 1140. The predicted octanol–water partition coefficient (Wildman–Crippen LogP) is 6.95. The van der Waals surface area contributed by atoms with Gasteiger partial charge in [-0.05, 0) is 48.7 Å². The summed E-state index contributed by atoms with van der Waals surface area (Å²) in [6.45, 7) is 4.83. The molecule has 0 saturated heterocycles. The van der Waals surface area contributed by atoms with E-state index in [0.29, 0.717) is 35.2 Å². The molecule has 0 aliphatic rings. The molecule has 3 rings (SSSR count). The third-order valence-electron chi connectivity index (χ3n) is 5.78. The molecule has 0 saturated carbocycles. The second kappa shape index (κ2) is 14.3. The van der Waals surface area contributed by atoms with Crippen LogP contribution in [-0.2, 0) is 22.6 Å². The number of amides is 2. The highest BCUT2D eigenvalue weighted by atomic mass is 35.5. The first-order chi connectivity index (χ1) is 17.4. The van der Waals surface area contributed by atoms with Gasteiger partial charge in [-0.25, -0.2) is 0 Å². The molecular weight excluding hydrogens is 511 g/mol. The van der Waals surface area contributed by atoms with Gasteiger partial charge in [0, 0.05) is 46.6 Å². The fourth-order valence-corrected chi connectivity index (χ4v) is 5.10. The molecule has 0 fully saturated rings. The monoisotopic (exact) mass is 542 g/mol. The van der Waals surface area contributed by atoms with Crippen LogP contribution in [0.3, 0.4) is 0 Å². The molecule has 0 unspecified atom stereocenters. The van der Waals surface area contributed by atoms with Crippen LogP contribution < -0.4 is 5.32 Å². The Morgan fingerprint density at radius 1 is 1.00 bits per heavy atom. The highest BCUT2D eigenvalue weighted by Crippen LogP contribution is 2.25. The smallest absolute Gasteiger partial charge is 0.243 e. The molecule has 0 spiro atoms. The van der Waals surface area contributed by atoms with Crippen molar-refractivity contribution in [3.63, 3.8) is 0 Å². The number of aryl methyl sites for hydroxylation is 1. The van der Waals surface area contributed by atoms with E-state index in [4.69, 9.17) is 23.2 Å². The van der Waals surface area contributed by atoms with Gasteiger partial charge in [0.15, 0.2) is 0 Å². The van der Waals surface area contributed by atoms with E-state index in [-0.39, 0.29) is 18.4 Å². The van der Waals surface area contributed by atoms with Gasteiger partial charge in [-0.2, -0.15) is 0 Å². The van der Waals surface area contributed by atoms with E-state index in [0.717, 1.165) is 22.4 Å². The first-order valence-corrected chi connectivity index (χ1v) is 13.9. The van der Waals surface area contributed by atoms with Crippen LogP contribution in [0.15, 0.2) is 77.7 Å². The zero-order chi connectivity index (χ0) is 25.9. The summed E-state index contributed by atoms with van der Waals surface area (Å²) in [5, 5.41) is 3.99. The van der Waals surface area contributed by atoms with Crippen molar-refractivity contribution in [1.82, 2.24) is 10.2 Å². The lowest BCUT2D eigenvalue weighted by molar-refractivity contribution is -0.141. The van der Waals surface area contributed by atoms with Crippen molar-refractivity contribution in [2.45, 2.75) is 50.6 Å². The fraction of sp³-hybridized carbons (Fsp3) is 0.310. The summed E-state index contributed by atoms with van der Waals surface area (Å²) in [6, 6.07) is 22.6. The van der Waals surface area contributed by atoms with Crippen LogP contribution in [0, 0.1) is 6.92 Å². The molecule has 1 atom stereocenters. The van der Waals surface area contributed by atoms with Crippen molar-refractivity contribution in [1.29, 1.82) is 0 Å². The summed E-state index contributed by atoms with van der Waals surface area (Å²) >= 11 is 14.2. The SMILES string of the molecule is CCCNC(=O)[C@@H](Cc1ccccc1)N(Cc1ccc(Cl)cc1Cl)C(=O)CCSc1ccc(C)cc1. The Morgan fingerprint density at radius 3 is 2.39 bits per heavy atom. The highest BCUT2D eigenvalue weighted by Gasteiger charge is 2.30. The van der Waals surface area contributed by atoms with Crippen LogP contribution in [0.5, 0.6) is 0 Å². The summed E-state index contributed by atoms with van der Waals surface area (Å²) in [5.74, 6) is 0.361. The number of carbonyl (C=O) groups excluding carboxylic acids is 2. The van der Waals surface area contributed by atoms with Crippen LogP contribution in [0.2, 0.25) is 10.0 Å². The van der Waals surface area contributed by atoms with Gasteiger partial charge >= 0.3 is 0 Å². The van der Waals surface area contributed by atoms with E-state index < -0.39 is 6.04 Å². The minimum absolute atomic E-state index is 0.0896. The van der Waals surface area contributed by atoms with Crippen LogP contribution in [0.25, 0.3) is 0 Å². The molecule has 0 heterocycles. The van der Waals surface area contributed by atoms with Gasteiger partial charge in [-0.1, -0.05) is 84.2 Å². The number of rotatable bonds is 12. The van der Waals surface area contributed by atoms with E-state index in [9.17, 15) is 9.59 Å². The molecule has 0 aromatic heterocycles. The molecule has 3 aromatic rings. The maximum Gasteiger partial charge on any atom is 0.243 e. The molecule has 7 heteroatoms. The second-order valence-corrected chi connectivity index (χ2v) is 10.7. The number of hydrogen-bond acceptors (Lipinski definition) is 3. The number of carbonyl (C=O) groups is 2. The minimum Gasteiger partial charge on any atom is -0.354 e. The Labute approximate surface area is 228 Å². The summed E-state index contributed by atoms with van der Waals surface area (Å²) < 4.78 is 0. The highest BCUT2D eigenvalue weighted by molar-refractivity contribution is 7.99. The second-order valence-electron chi connectivity index (χ2n) is 8.67. The summed E-state index contributed by atoms with van der Waals surface area (Å²) in [4.78, 5) is 29.8. The average Bonchev–Trinajstić information content (AvgIpc) is 2.87. The Balaban J connectivity index is 1.85. The van der Waals surface area contributed by atoms with E-state index in [1.54, 1.807) is 28.8 Å². The zero-order valence-electron chi connectivity index (χ0n) is 20.7. The largest absolute Gasteiger partial charge is 0.354 e. The van der Waals surface area contributed by atoms with E-state index in [1.165, 1.54) is 5.56 Å². The molecule has 4 nitrogen and oxygen atoms in total.